The molecular weight excluding hydrogens is 367 g/mol. The summed E-state index contributed by atoms with van der Waals surface area (Å²) in [5.74, 6) is -0.209. The highest BCUT2D eigenvalue weighted by Gasteiger charge is 2.33. The van der Waals surface area contributed by atoms with E-state index in [-0.39, 0.29) is 17.8 Å². The van der Waals surface area contributed by atoms with E-state index in [2.05, 4.69) is 17.7 Å². The van der Waals surface area contributed by atoms with Gasteiger partial charge in [0.05, 0.1) is 35.9 Å². The summed E-state index contributed by atoms with van der Waals surface area (Å²) in [6.07, 6.45) is 3.55. The van der Waals surface area contributed by atoms with Crippen LogP contribution in [0.3, 0.4) is 0 Å². The predicted octanol–water partition coefficient (Wildman–Crippen LogP) is 4.36. The summed E-state index contributed by atoms with van der Waals surface area (Å²) in [6, 6.07) is 14.0. The zero-order chi connectivity index (χ0) is 20.4. The van der Waals surface area contributed by atoms with E-state index in [1.54, 1.807) is 18.3 Å². The quantitative estimate of drug-likeness (QED) is 0.590. The largest absolute Gasteiger partial charge is 0.335 e. The molecule has 0 saturated carbocycles. The molecule has 0 spiro atoms. The van der Waals surface area contributed by atoms with Gasteiger partial charge >= 0.3 is 0 Å². The number of carbonyl (C=O) groups is 1. The summed E-state index contributed by atoms with van der Waals surface area (Å²) in [6.45, 7) is 5.33. The average molecular weight is 388 g/mol. The van der Waals surface area contributed by atoms with Gasteiger partial charge < -0.3 is 4.90 Å². The fourth-order valence-corrected chi connectivity index (χ4v) is 3.75. The minimum absolute atomic E-state index is 0.0316. The van der Waals surface area contributed by atoms with Crippen LogP contribution in [0.5, 0.6) is 0 Å². The van der Waals surface area contributed by atoms with Gasteiger partial charge in [0.15, 0.2) is 0 Å². The number of halogens is 1. The van der Waals surface area contributed by atoms with Crippen molar-refractivity contribution in [2.24, 2.45) is 0 Å². The van der Waals surface area contributed by atoms with Crippen molar-refractivity contribution in [1.82, 2.24) is 14.7 Å². The summed E-state index contributed by atoms with van der Waals surface area (Å²) in [5.41, 5.74) is 3.30. The minimum atomic E-state index is -0.275. The summed E-state index contributed by atoms with van der Waals surface area (Å²) in [7, 11) is 0. The number of carbonyl (C=O) groups excluding carboxylic acids is 1. The lowest BCUT2D eigenvalue weighted by molar-refractivity contribution is -0.139. The Bertz CT molecular complexity index is 1130. The van der Waals surface area contributed by atoms with Crippen LogP contribution in [0, 0.1) is 17.1 Å². The second kappa shape index (κ2) is 7.88. The van der Waals surface area contributed by atoms with Gasteiger partial charge in [0.2, 0.25) is 5.91 Å². The van der Waals surface area contributed by atoms with Gasteiger partial charge in [-0.2, -0.15) is 10.4 Å². The number of hydrogen-bond donors (Lipinski definition) is 0. The molecule has 2 heterocycles. The standard InChI is InChI=1S/C23H21FN4O/c1-16(15-28-22-7-6-17(13-25)11-19(22)14-26-28)5-8-23(29)27-10-9-21(27)18-3-2-4-20(24)12-18/h2-4,6-7,11-12,14,21H,1,5,8-10,15H2. The van der Waals surface area contributed by atoms with E-state index in [1.807, 2.05) is 27.8 Å². The Kier molecular flexibility index (Phi) is 5.13. The number of hydrogen-bond acceptors (Lipinski definition) is 3. The van der Waals surface area contributed by atoms with Crippen molar-refractivity contribution in [1.29, 1.82) is 5.26 Å². The van der Waals surface area contributed by atoms with Gasteiger partial charge in [-0.3, -0.25) is 9.48 Å². The number of benzene rings is 2. The van der Waals surface area contributed by atoms with Crippen LogP contribution in [0.4, 0.5) is 4.39 Å². The average Bonchev–Trinajstić information content (AvgIpc) is 3.07. The Morgan fingerprint density at radius 3 is 2.86 bits per heavy atom. The van der Waals surface area contributed by atoms with Crippen LogP contribution < -0.4 is 0 Å². The molecule has 1 unspecified atom stereocenters. The number of aromatic nitrogens is 2. The molecule has 29 heavy (non-hydrogen) atoms. The minimum Gasteiger partial charge on any atom is -0.335 e. The summed E-state index contributed by atoms with van der Waals surface area (Å²) in [5, 5.41) is 14.3. The van der Waals surface area contributed by atoms with Crippen LogP contribution in [0.25, 0.3) is 10.9 Å². The van der Waals surface area contributed by atoms with Crippen molar-refractivity contribution in [2.75, 3.05) is 6.54 Å². The smallest absolute Gasteiger partial charge is 0.223 e. The molecule has 1 saturated heterocycles. The first-order valence-electron chi connectivity index (χ1n) is 9.62. The van der Waals surface area contributed by atoms with Gasteiger partial charge in [0.1, 0.15) is 5.82 Å². The molecule has 2 aromatic carbocycles. The zero-order valence-corrected chi connectivity index (χ0v) is 16.0. The van der Waals surface area contributed by atoms with Crippen LogP contribution in [0.15, 0.2) is 60.8 Å². The molecule has 146 valence electrons. The SMILES string of the molecule is C=C(CCC(=O)N1CCC1c1cccc(F)c1)Cn1ncc2cc(C#N)ccc21. The highest BCUT2D eigenvalue weighted by atomic mass is 19.1. The van der Waals surface area contributed by atoms with Crippen LogP contribution in [-0.2, 0) is 11.3 Å². The fourth-order valence-electron chi connectivity index (χ4n) is 3.75. The molecule has 1 aliphatic heterocycles. The van der Waals surface area contributed by atoms with E-state index in [0.29, 0.717) is 31.5 Å². The van der Waals surface area contributed by atoms with E-state index < -0.39 is 0 Å². The third-order valence-electron chi connectivity index (χ3n) is 5.41. The van der Waals surface area contributed by atoms with E-state index in [1.165, 1.54) is 12.1 Å². The van der Waals surface area contributed by atoms with E-state index in [0.717, 1.165) is 28.5 Å². The number of amides is 1. The van der Waals surface area contributed by atoms with Crippen LogP contribution in [-0.4, -0.2) is 27.1 Å². The highest BCUT2D eigenvalue weighted by Crippen LogP contribution is 2.34. The normalized spacial score (nSPS) is 15.7. The first-order valence-corrected chi connectivity index (χ1v) is 9.62. The van der Waals surface area contributed by atoms with Gasteiger partial charge in [0.25, 0.3) is 0 Å². The number of likely N-dealkylation sites (tertiary alicyclic amines) is 1. The van der Waals surface area contributed by atoms with Crippen molar-refractivity contribution >= 4 is 16.8 Å². The maximum Gasteiger partial charge on any atom is 0.223 e. The fraction of sp³-hybridized carbons (Fsp3) is 0.261. The molecule has 0 radical (unpaired) electrons. The first-order chi connectivity index (χ1) is 14.0. The molecule has 0 N–H and O–H groups in total. The monoisotopic (exact) mass is 388 g/mol. The summed E-state index contributed by atoms with van der Waals surface area (Å²) < 4.78 is 15.3. The second-order valence-corrected chi connectivity index (χ2v) is 7.38. The maximum atomic E-state index is 13.5. The van der Waals surface area contributed by atoms with Crippen LogP contribution in [0.1, 0.15) is 36.4 Å². The lowest BCUT2D eigenvalue weighted by Gasteiger charge is -2.41. The lowest BCUT2D eigenvalue weighted by atomic mass is 9.94. The molecule has 5 nitrogen and oxygen atoms in total. The molecular formula is C23H21FN4O. The number of fused-ring (bicyclic) bond motifs is 1. The summed E-state index contributed by atoms with van der Waals surface area (Å²) >= 11 is 0. The molecule has 3 aromatic rings. The lowest BCUT2D eigenvalue weighted by Crippen LogP contribution is -2.45. The highest BCUT2D eigenvalue weighted by molar-refractivity contribution is 5.80. The van der Waals surface area contributed by atoms with Gasteiger partial charge in [-0.15, -0.1) is 0 Å². The van der Waals surface area contributed by atoms with E-state index in [4.69, 9.17) is 5.26 Å². The predicted molar refractivity (Wildman–Crippen MR) is 108 cm³/mol. The van der Waals surface area contributed by atoms with E-state index >= 15 is 0 Å². The Labute approximate surface area is 168 Å². The summed E-state index contributed by atoms with van der Waals surface area (Å²) in [4.78, 5) is 14.4. The van der Waals surface area contributed by atoms with Crippen molar-refractivity contribution in [2.45, 2.75) is 31.8 Å². The molecule has 6 heteroatoms. The Hall–Kier alpha value is -3.46. The molecule has 1 atom stereocenters. The number of nitrogens with zero attached hydrogens (tertiary/aromatic N) is 4. The molecule has 0 bridgehead atoms. The third-order valence-corrected chi connectivity index (χ3v) is 5.41. The van der Waals surface area contributed by atoms with Crippen molar-refractivity contribution in [3.8, 4) is 6.07 Å². The second-order valence-electron chi connectivity index (χ2n) is 7.38. The number of rotatable bonds is 6. The Morgan fingerprint density at radius 1 is 1.28 bits per heavy atom. The Balaban J connectivity index is 1.34. The molecule has 1 aliphatic rings. The first kappa shape index (κ1) is 18.9. The van der Waals surface area contributed by atoms with Crippen molar-refractivity contribution < 1.29 is 9.18 Å². The topological polar surface area (TPSA) is 61.9 Å². The number of nitriles is 1. The zero-order valence-electron chi connectivity index (χ0n) is 16.0. The molecule has 0 aliphatic carbocycles. The van der Waals surface area contributed by atoms with Gasteiger partial charge in [-0.1, -0.05) is 24.3 Å². The van der Waals surface area contributed by atoms with Crippen LogP contribution >= 0.6 is 0 Å². The number of allylic oxidation sites excluding steroid dienone is 1. The molecule has 1 aromatic heterocycles. The molecule has 1 fully saturated rings. The Morgan fingerprint density at radius 2 is 2.14 bits per heavy atom. The third kappa shape index (κ3) is 3.90. The van der Waals surface area contributed by atoms with Gasteiger partial charge in [-0.25, -0.2) is 4.39 Å². The van der Waals surface area contributed by atoms with Crippen LogP contribution in [0.2, 0.25) is 0 Å². The van der Waals surface area contributed by atoms with Crippen molar-refractivity contribution in [3.63, 3.8) is 0 Å². The van der Waals surface area contributed by atoms with Crippen molar-refractivity contribution in [3.05, 3.63) is 77.8 Å². The molecule has 4 rings (SSSR count). The molecule has 1 amide bonds. The van der Waals surface area contributed by atoms with Gasteiger partial charge in [-0.05, 0) is 48.7 Å². The van der Waals surface area contributed by atoms with Gasteiger partial charge in [0, 0.05) is 18.4 Å². The maximum absolute atomic E-state index is 13.5. The van der Waals surface area contributed by atoms with E-state index in [9.17, 15) is 9.18 Å².